The number of nitrogens with zero attached hydrogens (tertiary/aromatic N) is 5. The van der Waals surface area contributed by atoms with Crippen molar-refractivity contribution < 1.29 is 23.0 Å². The first-order valence-electron chi connectivity index (χ1n) is 10.8. The molecule has 0 saturated heterocycles. The van der Waals surface area contributed by atoms with Crippen LogP contribution in [0, 0.1) is 0 Å². The topological polar surface area (TPSA) is 120 Å². The van der Waals surface area contributed by atoms with Gasteiger partial charge < -0.3 is 19.1 Å². The van der Waals surface area contributed by atoms with Crippen LogP contribution in [0.1, 0.15) is 11.9 Å². The highest BCUT2D eigenvalue weighted by Crippen LogP contribution is 2.35. The van der Waals surface area contributed by atoms with Gasteiger partial charge in [-0.3, -0.25) is 0 Å². The van der Waals surface area contributed by atoms with E-state index in [1.54, 1.807) is 24.0 Å². The summed E-state index contributed by atoms with van der Waals surface area (Å²) >= 11 is 13.6. The first-order valence-corrected chi connectivity index (χ1v) is 16.2. The number of aromatic nitrogens is 4. The van der Waals surface area contributed by atoms with Crippen LogP contribution in [0.25, 0.3) is 0 Å². The van der Waals surface area contributed by atoms with Gasteiger partial charge in [0.05, 0.1) is 42.5 Å². The number of rotatable bonds is 13. The van der Waals surface area contributed by atoms with Gasteiger partial charge in [-0.15, -0.1) is 11.8 Å². The Kier molecular flexibility index (Phi) is 10.8. The van der Waals surface area contributed by atoms with Gasteiger partial charge in [-0.05, 0) is 23.0 Å². The number of benzene rings is 1. The molecule has 2 aromatic heterocycles. The summed E-state index contributed by atoms with van der Waals surface area (Å²) in [7, 11) is -0.986. The van der Waals surface area contributed by atoms with Crippen molar-refractivity contribution in [1.82, 2.24) is 19.5 Å². The third-order valence-corrected chi connectivity index (χ3v) is 9.65. The molecule has 10 nitrogen and oxygen atoms in total. The fourth-order valence-corrected chi connectivity index (χ4v) is 6.33. The Morgan fingerprint density at radius 1 is 1.27 bits per heavy atom. The van der Waals surface area contributed by atoms with Crippen molar-refractivity contribution in [2.24, 2.45) is 7.05 Å². The zero-order chi connectivity index (χ0) is 27.2. The molecule has 37 heavy (non-hydrogen) atoms. The maximum atomic E-state index is 13.7. The Balaban J connectivity index is 1.91. The normalized spacial score (nSPS) is 12.6. The highest BCUT2D eigenvalue weighted by molar-refractivity contribution is 7.99. The van der Waals surface area contributed by atoms with E-state index in [-0.39, 0.29) is 50.0 Å². The fraction of sp³-hybridized carbons (Fsp3) is 0.409. The molecule has 3 aromatic rings. The predicted molar refractivity (Wildman–Crippen MR) is 149 cm³/mol. The van der Waals surface area contributed by atoms with Crippen molar-refractivity contribution in [3.63, 3.8) is 0 Å². The maximum absolute atomic E-state index is 13.7. The van der Waals surface area contributed by atoms with E-state index in [4.69, 9.17) is 32.7 Å². The molecule has 0 bridgehead atoms. The average molecular weight is 610 g/mol. The quantitative estimate of drug-likeness (QED) is 0.135. The lowest BCUT2D eigenvalue weighted by atomic mass is 10.4. The van der Waals surface area contributed by atoms with Crippen molar-refractivity contribution in [3.8, 4) is 5.88 Å². The molecule has 1 unspecified atom stereocenters. The lowest BCUT2D eigenvalue weighted by Gasteiger charge is -2.25. The number of hydrogen-bond donors (Lipinski definition) is 1. The van der Waals surface area contributed by atoms with Crippen LogP contribution in [0.3, 0.4) is 0 Å². The minimum absolute atomic E-state index is 0.0347. The minimum Gasteiger partial charge on any atom is -0.478 e. The van der Waals surface area contributed by atoms with Gasteiger partial charge in [-0.25, -0.2) is 27.7 Å². The molecule has 1 aromatic carbocycles. The third kappa shape index (κ3) is 7.43. The molecule has 0 aliphatic rings. The molecular weight excluding hydrogens is 581 g/mol. The highest BCUT2D eigenvalue weighted by Gasteiger charge is 2.32. The summed E-state index contributed by atoms with van der Waals surface area (Å²) in [6, 6.07) is 4.35. The number of aliphatic hydroxyl groups is 1. The molecule has 15 heteroatoms. The predicted octanol–water partition coefficient (Wildman–Crippen LogP) is 3.40. The highest BCUT2D eigenvalue weighted by atomic mass is 35.5. The molecule has 0 aliphatic heterocycles. The smallest absolute Gasteiger partial charge is 0.269 e. The Morgan fingerprint density at radius 2 is 2.03 bits per heavy atom. The summed E-state index contributed by atoms with van der Waals surface area (Å²) in [5.74, 6) is 1.43. The van der Waals surface area contributed by atoms with Crippen molar-refractivity contribution >= 4 is 61.7 Å². The Labute approximate surface area is 233 Å². The van der Waals surface area contributed by atoms with Crippen LogP contribution in [0.15, 0.2) is 46.7 Å². The van der Waals surface area contributed by atoms with E-state index in [9.17, 15) is 13.5 Å². The minimum atomic E-state index is -4.26. The van der Waals surface area contributed by atoms with Crippen LogP contribution < -0.4 is 9.04 Å². The second-order valence-corrected chi connectivity index (χ2v) is 13.9. The molecule has 0 amide bonds. The molecule has 1 N–H and O–H groups in total. The zero-order valence-corrected chi connectivity index (χ0v) is 24.6. The molecular formula is C22H28Cl2N5O5S3+. The molecule has 0 radical (unpaired) electrons. The first kappa shape index (κ1) is 29.8. The Hall–Kier alpha value is -1.74. The standard InChI is InChI=1S/C22H28Cl2N5O5S3/c1-28-9-8-25-20(28)16(30)13-35-18-12-26-21(22(27-18)33-2)29(14-34-10-11-36(3)4)37(31,32)17-7-5-6-15(23)19(17)24/h5-9,12,16,30H,10-11,13-14H2,1-4H3/q+1. The monoisotopic (exact) mass is 608 g/mol. The molecule has 1 atom stereocenters. The summed E-state index contributed by atoms with van der Waals surface area (Å²) in [6.07, 6.45) is 8.05. The number of methoxy groups -OCH3 is 1. The van der Waals surface area contributed by atoms with E-state index in [0.717, 1.165) is 10.1 Å². The first-order chi connectivity index (χ1) is 17.6. The molecule has 2 heterocycles. The Bertz CT molecular complexity index is 1310. The van der Waals surface area contributed by atoms with Gasteiger partial charge in [0.2, 0.25) is 5.82 Å². The number of thioether (sulfide) groups is 1. The Morgan fingerprint density at radius 3 is 2.68 bits per heavy atom. The number of halogens is 2. The van der Waals surface area contributed by atoms with Crippen LogP contribution in [-0.2, 0) is 32.7 Å². The van der Waals surface area contributed by atoms with Gasteiger partial charge >= 0.3 is 0 Å². The van der Waals surface area contributed by atoms with E-state index >= 15 is 0 Å². The van der Waals surface area contributed by atoms with Gasteiger partial charge in [-0.2, -0.15) is 0 Å². The second-order valence-electron chi connectivity index (χ2n) is 7.90. The lowest BCUT2D eigenvalue weighted by Crippen LogP contribution is -2.35. The van der Waals surface area contributed by atoms with E-state index in [1.807, 2.05) is 0 Å². The third-order valence-electron chi connectivity index (χ3n) is 5.00. The molecule has 0 saturated carbocycles. The summed E-state index contributed by atoms with van der Waals surface area (Å²) in [5, 5.41) is 10.9. The van der Waals surface area contributed by atoms with Crippen molar-refractivity contribution in [3.05, 3.63) is 52.7 Å². The lowest BCUT2D eigenvalue weighted by molar-refractivity contribution is 0.158. The van der Waals surface area contributed by atoms with Crippen molar-refractivity contribution in [2.75, 3.05) is 48.8 Å². The summed E-state index contributed by atoms with van der Waals surface area (Å²) < 4.78 is 41.2. The van der Waals surface area contributed by atoms with E-state index in [2.05, 4.69) is 27.5 Å². The molecule has 3 rings (SSSR count). The van der Waals surface area contributed by atoms with Crippen LogP contribution >= 0.6 is 35.0 Å². The second kappa shape index (κ2) is 13.4. The number of ether oxygens (including phenoxy) is 2. The van der Waals surface area contributed by atoms with Crippen LogP contribution in [0.5, 0.6) is 5.88 Å². The van der Waals surface area contributed by atoms with Gasteiger partial charge in [0, 0.05) is 25.2 Å². The summed E-state index contributed by atoms with van der Waals surface area (Å²) in [6.45, 7) is 0.0119. The van der Waals surface area contributed by atoms with E-state index in [1.165, 1.54) is 43.3 Å². The number of aliphatic hydroxyl groups excluding tert-OH is 1. The molecule has 0 aliphatic carbocycles. The zero-order valence-electron chi connectivity index (χ0n) is 20.7. The molecule has 202 valence electrons. The number of imidazole rings is 1. The van der Waals surface area contributed by atoms with Crippen LogP contribution in [-0.4, -0.2) is 77.5 Å². The van der Waals surface area contributed by atoms with Crippen molar-refractivity contribution in [2.45, 2.75) is 16.0 Å². The summed E-state index contributed by atoms with van der Waals surface area (Å²) in [5.41, 5.74) is 0. The van der Waals surface area contributed by atoms with Crippen molar-refractivity contribution in [1.29, 1.82) is 0 Å². The maximum Gasteiger partial charge on any atom is 0.269 e. The van der Waals surface area contributed by atoms with Gasteiger partial charge in [-0.1, -0.05) is 29.3 Å². The number of hydrogen-bond acceptors (Lipinski definition) is 9. The number of aryl methyl sites for hydroxylation is 1. The SMILES string of the molecule is COc1nc(SCC(O)c2nccn2C)cnc1N(COCC[S+](C)C)S(=O)(=O)c1cccc(Cl)c1Cl. The average Bonchev–Trinajstić information content (AvgIpc) is 3.29. The van der Waals surface area contributed by atoms with E-state index < -0.39 is 16.1 Å². The van der Waals surface area contributed by atoms with Gasteiger partial charge in [0.1, 0.15) is 34.3 Å². The van der Waals surface area contributed by atoms with Gasteiger partial charge in [0.25, 0.3) is 15.9 Å². The van der Waals surface area contributed by atoms with Crippen LogP contribution in [0.4, 0.5) is 5.82 Å². The number of sulfonamides is 1. The fourth-order valence-electron chi connectivity index (χ4n) is 3.08. The van der Waals surface area contributed by atoms with Gasteiger partial charge in [0.15, 0.2) is 0 Å². The largest absolute Gasteiger partial charge is 0.478 e. The molecule has 0 spiro atoms. The van der Waals surface area contributed by atoms with E-state index in [0.29, 0.717) is 17.5 Å². The summed E-state index contributed by atoms with van der Waals surface area (Å²) in [4.78, 5) is 12.7. The number of anilines is 1. The van der Waals surface area contributed by atoms with Crippen LogP contribution in [0.2, 0.25) is 10.0 Å². The molecule has 0 fully saturated rings.